The second-order valence-electron chi connectivity index (χ2n) is 5.13. The zero-order chi connectivity index (χ0) is 12.3. The number of hydrogen-bond acceptors (Lipinski definition) is 4. The van der Waals surface area contributed by atoms with Crippen molar-refractivity contribution in [2.45, 2.75) is 58.4 Å². The normalized spacial score (nSPS) is 24.9. The Morgan fingerprint density at radius 3 is 2.82 bits per heavy atom. The molecule has 1 aromatic heterocycles. The van der Waals surface area contributed by atoms with Crippen molar-refractivity contribution in [2.24, 2.45) is 5.92 Å². The molecule has 3 unspecified atom stereocenters. The van der Waals surface area contributed by atoms with E-state index in [1.165, 1.54) is 6.42 Å². The van der Waals surface area contributed by atoms with Crippen LogP contribution in [0.3, 0.4) is 0 Å². The van der Waals surface area contributed by atoms with E-state index < -0.39 is 0 Å². The molecule has 0 aromatic carbocycles. The van der Waals surface area contributed by atoms with Crippen LogP contribution in [0.1, 0.15) is 57.7 Å². The molecule has 17 heavy (non-hydrogen) atoms. The van der Waals surface area contributed by atoms with E-state index in [9.17, 15) is 0 Å². The third-order valence-corrected chi connectivity index (χ3v) is 3.52. The maximum absolute atomic E-state index is 5.33. The van der Waals surface area contributed by atoms with Gasteiger partial charge < -0.3 is 9.84 Å². The van der Waals surface area contributed by atoms with Crippen LogP contribution in [0.5, 0.6) is 0 Å². The van der Waals surface area contributed by atoms with Gasteiger partial charge in [0.05, 0.1) is 0 Å². The van der Waals surface area contributed by atoms with Gasteiger partial charge in [-0.3, -0.25) is 0 Å². The van der Waals surface area contributed by atoms with Gasteiger partial charge in [-0.1, -0.05) is 25.9 Å². The van der Waals surface area contributed by atoms with Crippen LogP contribution >= 0.6 is 0 Å². The van der Waals surface area contributed by atoms with Crippen LogP contribution in [0.4, 0.5) is 0 Å². The molecule has 4 nitrogen and oxygen atoms in total. The van der Waals surface area contributed by atoms with E-state index in [0.717, 1.165) is 43.4 Å². The molecule has 1 fully saturated rings. The molecule has 1 N–H and O–H groups in total. The van der Waals surface area contributed by atoms with E-state index in [4.69, 9.17) is 4.52 Å². The third-order valence-electron chi connectivity index (χ3n) is 3.52. The standard InChI is InChI=1S/C13H23N3O/c1-4-6-14-10(5-2)8-12-15-13(16-17-12)11-7-9(11)3/h9-11,14H,4-8H2,1-3H3. The highest BCUT2D eigenvalue weighted by atomic mass is 16.5. The Labute approximate surface area is 103 Å². The second kappa shape index (κ2) is 5.63. The molecule has 1 aliphatic rings. The Morgan fingerprint density at radius 2 is 2.24 bits per heavy atom. The molecule has 0 aliphatic heterocycles. The lowest BCUT2D eigenvalue weighted by Crippen LogP contribution is -2.31. The molecule has 4 heteroatoms. The molecule has 0 bridgehead atoms. The third kappa shape index (κ3) is 3.28. The van der Waals surface area contributed by atoms with Crippen molar-refractivity contribution in [3.8, 4) is 0 Å². The first-order valence-electron chi connectivity index (χ1n) is 6.80. The molecule has 1 aliphatic carbocycles. The van der Waals surface area contributed by atoms with E-state index in [0.29, 0.717) is 12.0 Å². The number of aromatic nitrogens is 2. The zero-order valence-corrected chi connectivity index (χ0v) is 11.1. The number of hydrogen-bond donors (Lipinski definition) is 1. The minimum absolute atomic E-state index is 0.458. The first-order valence-corrected chi connectivity index (χ1v) is 6.80. The Kier molecular flexibility index (Phi) is 4.15. The van der Waals surface area contributed by atoms with Gasteiger partial charge in [0.2, 0.25) is 5.89 Å². The van der Waals surface area contributed by atoms with Gasteiger partial charge in [-0.15, -0.1) is 0 Å². The summed E-state index contributed by atoms with van der Waals surface area (Å²) in [7, 11) is 0. The van der Waals surface area contributed by atoms with Crippen LogP contribution in [-0.4, -0.2) is 22.7 Å². The van der Waals surface area contributed by atoms with Crippen molar-refractivity contribution in [1.29, 1.82) is 0 Å². The summed E-state index contributed by atoms with van der Waals surface area (Å²) in [6.45, 7) is 7.66. The molecule has 0 spiro atoms. The van der Waals surface area contributed by atoms with E-state index in [1.807, 2.05) is 0 Å². The van der Waals surface area contributed by atoms with Crippen LogP contribution < -0.4 is 5.32 Å². The summed E-state index contributed by atoms with van der Waals surface area (Å²) in [5, 5.41) is 7.59. The summed E-state index contributed by atoms with van der Waals surface area (Å²) >= 11 is 0. The van der Waals surface area contributed by atoms with Crippen molar-refractivity contribution >= 4 is 0 Å². The molecule has 96 valence electrons. The number of rotatable bonds is 7. The van der Waals surface area contributed by atoms with Gasteiger partial charge in [0.1, 0.15) is 0 Å². The predicted octanol–water partition coefficient (Wildman–Crippen LogP) is 2.51. The summed E-state index contributed by atoms with van der Waals surface area (Å²) in [4.78, 5) is 4.50. The van der Waals surface area contributed by atoms with Gasteiger partial charge in [0.25, 0.3) is 0 Å². The molecule has 1 aromatic rings. The summed E-state index contributed by atoms with van der Waals surface area (Å²) < 4.78 is 5.33. The molecule has 0 saturated heterocycles. The van der Waals surface area contributed by atoms with Crippen molar-refractivity contribution in [3.63, 3.8) is 0 Å². The van der Waals surface area contributed by atoms with E-state index in [1.54, 1.807) is 0 Å². The number of nitrogens with one attached hydrogen (secondary N) is 1. The van der Waals surface area contributed by atoms with Crippen LogP contribution in [0.15, 0.2) is 4.52 Å². The van der Waals surface area contributed by atoms with E-state index in [2.05, 4.69) is 36.2 Å². The smallest absolute Gasteiger partial charge is 0.228 e. The lowest BCUT2D eigenvalue weighted by molar-refractivity contribution is 0.350. The average Bonchev–Trinajstić information content (AvgIpc) is 2.89. The van der Waals surface area contributed by atoms with Gasteiger partial charge in [0.15, 0.2) is 5.82 Å². The van der Waals surface area contributed by atoms with Crippen molar-refractivity contribution in [3.05, 3.63) is 11.7 Å². The predicted molar refractivity (Wildman–Crippen MR) is 66.9 cm³/mol. The van der Waals surface area contributed by atoms with Crippen LogP contribution in [0.2, 0.25) is 0 Å². The number of nitrogens with zero attached hydrogens (tertiary/aromatic N) is 2. The SMILES string of the molecule is CCCNC(CC)Cc1nc(C2CC2C)no1. The lowest BCUT2D eigenvalue weighted by Gasteiger charge is -2.13. The minimum atomic E-state index is 0.458. The molecular formula is C13H23N3O. The molecule has 0 amide bonds. The maximum Gasteiger partial charge on any atom is 0.228 e. The summed E-state index contributed by atoms with van der Waals surface area (Å²) in [5.74, 6) is 2.99. The fourth-order valence-electron chi connectivity index (χ4n) is 2.10. The topological polar surface area (TPSA) is 51.0 Å². The monoisotopic (exact) mass is 237 g/mol. The first kappa shape index (κ1) is 12.6. The maximum atomic E-state index is 5.33. The fourth-order valence-corrected chi connectivity index (χ4v) is 2.10. The molecular weight excluding hydrogens is 214 g/mol. The highest BCUT2D eigenvalue weighted by molar-refractivity contribution is 5.07. The Balaban J connectivity index is 1.86. The molecule has 0 radical (unpaired) electrons. The summed E-state index contributed by atoms with van der Waals surface area (Å²) in [5.41, 5.74) is 0. The molecule has 1 saturated carbocycles. The molecule has 3 atom stereocenters. The largest absolute Gasteiger partial charge is 0.339 e. The minimum Gasteiger partial charge on any atom is -0.339 e. The van der Waals surface area contributed by atoms with Gasteiger partial charge in [0, 0.05) is 18.4 Å². The fraction of sp³-hybridized carbons (Fsp3) is 0.846. The molecule has 1 heterocycles. The summed E-state index contributed by atoms with van der Waals surface area (Å²) in [6.07, 6.45) is 4.32. The van der Waals surface area contributed by atoms with Gasteiger partial charge in [-0.2, -0.15) is 4.98 Å². The van der Waals surface area contributed by atoms with E-state index >= 15 is 0 Å². The quantitative estimate of drug-likeness (QED) is 0.791. The van der Waals surface area contributed by atoms with Crippen molar-refractivity contribution in [1.82, 2.24) is 15.5 Å². The van der Waals surface area contributed by atoms with Gasteiger partial charge in [-0.25, -0.2) is 0 Å². The Morgan fingerprint density at radius 1 is 1.47 bits per heavy atom. The van der Waals surface area contributed by atoms with Crippen molar-refractivity contribution in [2.75, 3.05) is 6.54 Å². The first-order chi connectivity index (χ1) is 8.24. The van der Waals surface area contributed by atoms with Crippen LogP contribution in [0, 0.1) is 5.92 Å². The lowest BCUT2D eigenvalue weighted by atomic mass is 10.1. The highest BCUT2D eigenvalue weighted by Gasteiger charge is 2.38. The Bertz CT molecular complexity index is 350. The van der Waals surface area contributed by atoms with Gasteiger partial charge >= 0.3 is 0 Å². The van der Waals surface area contributed by atoms with E-state index in [-0.39, 0.29) is 0 Å². The summed E-state index contributed by atoms with van der Waals surface area (Å²) in [6, 6.07) is 0.458. The molecule has 2 rings (SSSR count). The Hall–Kier alpha value is -0.900. The van der Waals surface area contributed by atoms with Crippen LogP contribution in [0.25, 0.3) is 0 Å². The highest BCUT2D eigenvalue weighted by Crippen LogP contribution is 2.45. The van der Waals surface area contributed by atoms with Gasteiger partial charge in [-0.05, 0) is 31.7 Å². The zero-order valence-electron chi connectivity index (χ0n) is 11.1. The average molecular weight is 237 g/mol. The van der Waals surface area contributed by atoms with Crippen LogP contribution in [-0.2, 0) is 6.42 Å². The van der Waals surface area contributed by atoms with Crippen molar-refractivity contribution < 1.29 is 4.52 Å². The second-order valence-corrected chi connectivity index (χ2v) is 5.13.